The standard InChI is InChI=1S/C23H21ClFN5O3/c24-18-10-17(25)2-4-21(18)33-13-22(31)29-7-5-15-11-30(12-16(15)6-8-29)23(32)14-1-3-19-20(9-14)27-28-26-19/h1-5,9-10,16H,6-8,11-13H2,(H,26,27,28)/t16-/m1/s1. The van der Waals surface area contributed by atoms with Crippen molar-refractivity contribution >= 4 is 34.4 Å². The van der Waals surface area contributed by atoms with Crippen LogP contribution < -0.4 is 4.74 Å². The van der Waals surface area contributed by atoms with Crippen molar-refractivity contribution in [1.82, 2.24) is 25.2 Å². The Labute approximate surface area is 193 Å². The summed E-state index contributed by atoms with van der Waals surface area (Å²) >= 11 is 5.96. The smallest absolute Gasteiger partial charge is 0.260 e. The van der Waals surface area contributed by atoms with Gasteiger partial charge in [-0.2, -0.15) is 0 Å². The Balaban J connectivity index is 1.19. The van der Waals surface area contributed by atoms with Gasteiger partial charge in [-0.3, -0.25) is 14.7 Å². The number of hydrogen-bond donors (Lipinski definition) is 1. The molecule has 170 valence electrons. The van der Waals surface area contributed by atoms with E-state index in [-0.39, 0.29) is 35.1 Å². The van der Waals surface area contributed by atoms with E-state index in [0.29, 0.717) is 37.3 Å². The second-order valence-electron chi connectivity index (χ2n) is 8.20. The zero-order valence-corrected chi connectivity index (χ0v) is 18.4. The number of hydrogen-bond acceptors (Lipinski definition) is 5. The summed E-state index contributed by atoms with van der Waals surface area (Å²) in [5.74, 6) is -0.174. The maximum atomic E-state index is 13.2. The van der Waals surface area contributed by atoms with Crippen LogP contribution in [0.15, 0.2) is 48.0 Å². The second kappa shape index (κ2) is 8.82. The Morgan fingerprint density at radius 3 is 2.94 bits per heavy atom. The summed E-state index contributed by atoms with van der Waals surface area (Å²) in [6.07, 6.45) is 2.80. The minimum atomic E-state index is -0.462. The molecule has 3 aromatic rings. The normalized spacial score (nSPS) is 18.1. The van der Waals surface area contributed by atoms with E-state index in [0.717, 1.165) is 18.0 Å². The summed E-state index contributed by atoms with van der Waals surface area (Å²) in [5, 5.41) is 10.6. The molecule has 0 bridgehead atoms. The molecule has 1 N–H and O–H groups in total. The molecular formula is C23H21ClFN5O3. The van der Waals surface area contributed by atoms with Crippen molar-refractivity contribution in [3.05, 3.63) is 64.5 Å². The van der Waals surface area contributed by atoms with Gasteiger partial charge in [0.05, 0.1) is 10.5 Å². The van der Waals surface area contributed by atoms with Crippen LogP contribution in [0.3, 0.4) is 0 Å². The highest BCUT2D eigenvalue weighted by Crippen LogP contribution is 2.30. The number of rotatable bonds is 4. The first kappa shape index (κ1) is 21.4. The van der Waals surface area contributed by atoms with Crippen LogP contribution in [0.25, 0.3) is 11.0 Å². The number of H-pyrrole nitrogens is 1. The van der Waals surface area contributed by atoms with Crippen LogP contribution >= 0.6 is 11.6 Å². The fourth-order valence-corrected chi connectivity index (χ4v) is 4.52. The zero-order chi connectivity index (χ0) is 22.9. The number of halogens is 2. The van der Waals surface area contributed by atoms with Crippen molar-refractivity contribution in [1.29, 1.82) is 0 Å². The molecule has 0 unspecified atom stereocenters. The molecule has 33 heavy (non-hydrogen) atoms. The quantitative estimate of drug-likeness (QED) is 0.593. The average molecular weight is 470 g/mol. The number of aromatic amines is 1. The van der Waals surface area contributed by atoms with Crippen molar-refractivity contribution in [2.45, 2.75) is 6.42 Å². The van der Waals surface area contributed by atoms with Gasteiger partial charge < -0.3 is 14.5 Å². The highest BCUT2D eigenvalue weighted by Gasteiger charge is 2.33. The molecule has 1 fully saturated rings. The van der Waals surface area contributed by atoms with Gasteiger partial charge in [0.15, 0.2) is 6.61 Å². The van der Waals surface area contributed by atoms with Crippen LogP contribution in [0.5, 0.6) is 5.75 Å². The number of fused-ring (bicyclic) bond motifs is 2. The van der Waals surface area contributed by atoms with E-state index in [1.165, 1.54) is 17.7 Å². The third-order valence-electron chi connectivity index (χ3n) is 6.12. The van der Waals surface area contributed by atoms with Crippen LogP contribution in [-0.4, -0.2) is 69.8 Å². The minimum absolute atomic E-state index is 0.0358. The van der Waals surface area contributed by atoms with Crippen LogP contribution in [-0.2, 0) is 4.79 Å². The highest BCUT2D eigenvalue weighted by molar-refractivity contribution is 6.32. The summed E-state index contributed by atoms with van der Waals surface area (Å²) in [4.78, 5) is 29.2. The van der Waals surface area contributed by atoms with Crippen molar-refractivity contribution in [2.75, 3.05) is 32.8 Å². The summed E-state index contributed by atoms with van der Waals surface area (Å²) in [7, 11) is 0. The maximum absolute atomic E-state index is 13.2. The van der Waals surface area contributed by atoms with E-state index in [1.807, 2.05) is 11.0 Å². The Hall–Kier alpha value is -3.46. The van der Waals surface area contributed by atoms with Crippen molar-refractivity contribution < 1.29 is 18.7 Å². The number of ether oxygens (including phenoxy) is 1. The largest absolute Gasteiger partial charge is 0.482 e. The van der Waals surface area contributed by atoms with Gasteiger partial charge in [-0.05, 0) is 48.4 Å². The molecule has 0 spiro atoms. The molecule has 2 aliphatic heterocycles. The highest BCUT2D eigenvalue weighted by atomic mass is 35.5. The monoisotopic (exact) mass is 469 g/mol. The zero-order valence-electron chi connectivity index (χ0n) is 17.6. The van der Waals surface area contributed by atoms with Gasteiger partial charge >= 0.3 is 0 Å². The fourth-order valence-electron chi connectivity index (χ4n) is 4.30. The van der Waals surface area contributed by atoms with Gasteiger partial charge in [0.25, 0.3) is 11.8 Å². The average Bonchev–Trinajstić information content (AvgIpc) is 3.39. The van der Waals surface area contributed by atoms with Gasteiger partial charge in [-0.15, -0.1) is 5.10 Å². The number of carbonyl (C=O) groups excluding carboxylic acids is 2. The summed E-state index contributed by atoms with van der Waals surface area (Å²) in [5.41, 5.74) is 3.20. The SMILES string of the molecule is O=C(COc1ccc(F)cc1Cl)N1CC=C2CN(C(=O)c3ccc4[nH]nnc4c3)C[C@H]2CC1. The molecule has 1 atom stereocenters. The van der Waals surface area contributed by atoms with E-state index in [4.69, 9.17) is 16.3 Å². The van der Waals surface area contributed by atoms with E-state index < -0.39 is 5.82 Å². The topological polar surface area (TPSA) is 91.4 Å². The number of carbonyl (C=O) groups is 2. The second-order valence-corrected chi connectivity index (χ2v) is 8.60. The lowest BCUT2D eigenvalue weighted by atomic mass is 10.00. The van der Waals surface area contributed by atoms with Crippen LogP contribution in [0.2, 0.25) is 5.02 Å². The lowest BCUT2D eigenvalue weighted by molar-refractivity contribution is -0.132. The maximum Gasteiger partial charge on any atom is 0.260 e. The third-order valence-corrected chi connectivity index (χ3v) is 6.41. The lowest BCUT2D eigenvalue weighted by Gasteiger charge is -2.22. The Bertz CT molecular complexity index is 1260. The predicted molar refractivity (Wildman–Crippen MR) is 119 cm³/mol. The van der Waals surface area contributed by atoms with Crippen LogP contribution in [0, 0.1) is 11.7 Å². The molecule has 5 rings (SSSR count). The molecule has 3 heterocycles. The van der Waals surface area contributed by atoms with E-state index in [1.54, 1.807) is 23.1 Å². The number of likely N-dealkylation sites (tertiary alicyclic amines) is 1. The molecule has 0 radical (unpaired) electrons. The Morgan fingerprint density at radius 2 is 2.09 bits per heavy atom. The fraction of sp³-hybridized carbons (Fsp3) is 0.304. The number of nitrogens with zero attached hydrogens (tertiary/aromatic N) is 4. The molecule has 0 saturated carbocycles. The number of nitrogens with one attached hydrogen (secondary N) is 1. The number of amides is 2. The molecule has 1 aromatic heterocycles. The first-order valence-electron chi connectivity index (χ1n) is 10.6. The van der Waals surface area contributed by atoms with E-state index in [9.17, 15) is 14.0 Å². The molecule has 1 saturated heterocycles. The van der Waals surface area contributed by atoms with Gasteiger partial charge in [0.2, 0.25) is 0 Å². The first-order valence-corrected chi connectivity index (χ1v) is 11.0. The molecule has 2 amide bonds. The molecule has 8 nitrogen and oxygen atoms in total. The van der Waals surface area contributed by atoms with Crippen LogP contribution in [0.1, 0.15) is 16.8 Å². The molecule has 0 aliphatic carbocycles. The summed E-state index contributed by atoms with van der Waals surface area (Å²) < 4.78 is 18.7. The van der Waals surface area contributed by atoms with E-state index >= 15 is 0 Å². The van der Waals surface area contributed by atoms with Gasteiger partial charge in [-0.1, -0.05) is 22.9 Å². The van der Waals surface area contributed by atoms with Crippen molar-refractivity contribution in [2.24, 2.45) is 5.92 Å². The Kier molecular flexibility index (Phi) is 5.72. The molecular weight excluding hydrogens is 449 g/mol. The van der Waals surface area contributed by atoms with Crippen molar-refractivity contribution in [3.63, 3.8) is 0 Å². The van der Waals surface area contributed by atoms with Gasteiger partial charge in [0.1, 0.15) is 17.1 Å². The molecule has 2 aliphatic rings. The Morgan fingerprint density at radius 1 is 1.21 bits per heavy atom. The number of benzene rings is 2. The first-order chi connectivity index (χ1) is 16.0. The molecule has 2 aromatic carbocycles. The van der Waals surface area contributed by atoms with Crippen LogP contribution in [0.4, 0.5) is 4.39 Å². The van der Waals surface area contributed by atoms with Crippen molar-refractivity contribution in [3.8, 4) is 5.75 Å². The lowest BCUT2D eigenvalue weighted by Crippen LogP contribution is -2.36. The summed E-state index contributed by atoms with van der Waals surface area (Å²) in [6.45, 7) is 2.01. The van der Waals surface area contributed by atoms with Gasteiger partial charge in [-0.25, -0.2) is 4.39 Å². The van der Waals surface area contributed by atoms with Gasteiger partial charge in [0, 0.05) is 37.7 Å². The van der Waals surface area contributed by atoms with E-state index in [2.05, 4.69) is 15.4 Å². The number of aromatic nitrogens is 3. The third kappa shape index (κ3) is 4.41. The predicted octanol–water partition coefficient (Wildman–Crippen LogP) is 3.06. The summed E-state index contributed by atoms with van der Waals surface area (Å²) in [6, 6.07) is 9.13. The molecule has 10 heteroatoms. The minimum Gasteiger partial charge on any atom is -0.482 e.